The Bertz CT molecular complexity index is 575. The van der Waals surface area contributed by atoms with E-state index in [1.54, 1.807) is 0 Å². The number of rotatable bonds is 6. The molecule has 0 bridgehead atoms. The van der Waals surface area contributed by atoms with Crippen LogP contribution in [0.2, 0.25) is 0 Å². The van der Waals surface area contributed by atoms with Crippen LogP contribution in [0.1, 0.15) is 33.6 Å². The van der Waals surface area contributed by atoms with Gasteiger partial charge in [0.2, 0.25) is 5.89 Å². The van der Waals surface area contributed by atoms with Crippen LogP contribution in [0.5, 0.6) is 5.75 Å². The van der Waals surface area contributed by atoms with Gasteiger partial charge in [0, 0.05) is 17.3 Å². The Kier molecular flexibility index (Phi) is 4.80. The second-order valence-corrected chi connectivity index (χ2v) is 5.69. The van der Waals surface area contributed by atoms with Crippen LogP contribution in [-0.4, -0.2) is 22.3 Å². The van der Waals surface area contributed by atoms with Gasteiger partial charge in [-0.3, -0.25) is 0 Å². The van der Waals surface area contributed by atoms with Gasteiger partial charge in [0.25, 0.3) is 0 Å². The van der Waals surface area contributed by atoms with E-state index in [2.05, 4.69) is 41.6 Å². The lowest BCUT2D eigenvalue weighted by atomic mass is 10.1. The van der Waals surface area contributed by atoms with Crippen LogP contribution in [0, 0.1) is 0 Å². The molecule has 1 aromatic heterocycles. The fraction of sp³-hybridized carbons (Fsp3) is 0.467. The molecule has 6 heteroatoms. The third kappa shape index (κ3) is 5.07. The highest BCUT2D eigenvalue weighted by Gasteiger charge is 2.12. The number of hydrogen-bond acceptors (Lipinski definition) is 6. The minimum atomic E-state index is 0.00782. The number of nitrogens with zero attached hydrogens (tertiary/aromatic N) is 2. The van der Waals surface area contributed by atoms with E-state index in [0.29, 0.717) is 25.1 Å². The van der Waals surface area contributed by atoms with Crippen LogP contribution in [0.3, 0.4) is 0 Å². The first-order valence-corrected chi connectivity index (χ1v) is 7.03. The third-order valence-electron chi connectivity index (χ3n) is 2.63. The molecule has 0 saturated carbocycles. The van der Waals surface area contributed by atoms with Crippen molar-refractivity contribution in [1.29, 1.82) is 0 Å². The Morgan fingerprint density at radius 1 is 1.24 bits per heavy atom. The van der Waals surface area contributed by atoms with Gasteiger partial charge in [0.05, 0.1) is 13.2 Å². The van der Waals surface area contributed by atoms with Crippen molar-refractivity contribution in [2.75, 3.05) is 11.9 Å². The van der Waals surface area contributed by atoms with Crippen LogP contribution in [-0.2, 0) is 6.54 Å². The van der Waals surface area contributed by atoms with Gasteiger partial charge < -0.3 is 19.8 Å². The zero-order valence-corrected chi connectivity index (χ0v) is 12.9. The molecular formula is C15H22N4O2. The molecule has 0 spiro atoms. The Morgan fingerprint density at radius 2 is 2.05 bits per heavy atom. The van der Waals surface area contributed by atoms with Crippen LogP contribution < -0.4 is 15.4 Å². The van der Waals surface area contributed by atoms with Gasteiger partial charge in [-0.25, -0.2) is 0 Å². The van der Waals surface area contributed by atoms with E-state index in [-0.39, 0.29) is 5.54 Å². The summed E-state index contributed by atoms with van der Waals surface area (Å²) < 4.78 is 11.0. The third-order valence-corrected chi connectivity index (χ3v) is 2.63. The average molecular weight is 290 g/mol. The van der Waals surface area contributed by atoms with E-state index in [0.717, 1.165) is 11.4 Å². The molecule has 2 N–H and O–H groups in total. The first-order valence-electron chi connectivity index (χ1n) is 7.03. The van der Waals surface area contributed by atoms with Crippen molar-refractivity contribution in [2.24, 2.45) is 0 Å². The largest absolute Gasteiger partial charge is 0.494 e. The van der Waals surface area contributed by atoms with E-state index in [1.165, 1.54) is 0 Å². The van der Waals surface area contributed by atoms with E-state index >= 15 is 0 Å². The van der Waals surface area contributed by atoms with Gasteiger partial charge in [-0.1, -0.05) is 11.2 Å². The molecule has 0 atom stereocenters. The molecule has 0 aliphatic carbocycles. The number of ether oxygens (including phenoxy) is 1. The minimum absolute atomic E-state index is 0.00782. The second-order valence-electron chi connectivity index (χ2n) is 5.69. The molecule has 1 heterocycles. The summed E-state index contributed by atoms with van der Waals surface area (Å²) in [5.74, 6) is 1.35. The average Bonchev–Trinajstić information content (AvgIpc) is 2.84. The number of anilines is 2. The highest BCUT2D eigenvalue weighted by Crippen LogP contribution is 2.20. The van der Waals surface area contributed by atoms with E-state index in [4.69, 9.17) is 9.15 Å². The minimum Gasteiger partial charge on any atom is -0.494 e. The molecule has 0 aliphatic rings. The maximum absolute atomic E-state index is 5.55. The Balaban J connectivity index is 1.97. The summed E-state index contributed by atoms with van der Waals surface area (Å²) in [6, 6.07) is 7.99. The van der Waals surface area contributed by atoms with Crippen molar-refractivity contribution in [2.45, 2.75) is 39.8 Å². The van der Waals surface area contributed by atoms with Crippen molar-refractivity contribution in [3.05, 3.63) is 30.2 Å². The fourth-order valence-electron chi connectivity index (χ4n) is 1.67. The van der Waals surface area contributed by atoms with Crippen molar-refractivity contribution in [3.8, 4) is 5.75 Å². The van der Waals surface area contributed by atoms with Crippen molar-refractivity contribution in [3.63, 3.8) is 0 Å². The standard InChI is InChI=1S/C15H22N4O2/c1-5-20-12-8-6-7-11(9-12)17-14-19-18-13(21-14)10-16-15(2,3)4/h6-9,16H,5,10H2,1-4H3,(H,17,19). The van der Waals surface area contributed by atoms with Gasteiger partial charge in [-0.15, -0.1) is 5.10 Å². The van der Waals surface area contributed by atoms with Crippen molar-refractivity contribution >= 4 is 11.7 Å². The lowest BCUT2D eigenvalue weighted by Crippen LogP contribution is -2.35. The molecule has 0 radical (unpaired) electrons. The molecule has 2 aromatic rings. The molecule has 0 unspecified atom stereocenters. The Hall–Kier alpha value is -2.08. The van der Waals surface area contributed by atoms with Gasteiger partial charge in [0.1, 0.15) is 5.75 Å². The second kappa shape index (κ2) is 6.58. The van der Waals surface area contributed by atoms with Crippen LogP contribution >= 0.6 is 0 Å². The predicted molar refractivity (Wildman–Crippen MR) is 81.8 cm³/mol. The Morgan fingerprint density at radius 3 is 2.76 bits per heavy atom. The maximum atomic E-state index is 5.55. The monoisotopic (exact) mass is 290 g/mol. The summed E-state index contributed by atoms with van der Waals surface area (Å²) in [7, 11) is 0. The number of benzene rings is 1. The lowest BCUT2D eigenvalue weighted by Gasteiger charge is -2.18. The maximum Gasteiger partial charge on any atom is 0.320 e. The number of hydrogen-bond donors (Lipinski definition) is 2. The predicted octanol–water partition coefficient (Wildman–Crippen LogP) is 3.10. The summed E-state index contributed by atoms with van der Waals surface area (Å²) in [6.07, 6.45) is 0. The van der Waals surface area contributed by atoms with E-state index in [9.17, 15) is 0 Å². The number of aromatic nitrogens is 2. The van der Waals surface area contributed by atoms with E-state index < -0.39 is 0 Å². The SMILES string of the molecule is CCOc1cccc(Nc2nnc(CNC(C)(C)C)o2)c1. The molecule has 6 nitrogen and oxygen atoms in total. The molecule has 114 valence electrons. The zero-order chi connectivity index (χ0) is 15.3. The zero-order valence-electron chi connectivity index (χ0n) is 12.9. The molecule has 0 amide bonds. The molecular weight excluding hydrogens is 268 g/mol. The summed E-state index contributed by atoms with van der Waals surface area (Å²) in [5, 5.41) is 14.3. The van der Waals surface area contributed by atoms with Crippen molar-refractivity contribution in [1.82, 2.24) is 15.5 Å². The summed E-state index contributed by atoms with van der Waals surface area (Å²) in [6.45, 7) is 9.38. The summed E-state index contributed by atoms with van der Waals surface area (Å²) in [5.41, 5.74) is 0.855. The molecule has 0 fully saturated rings. The normalized spacial score (nSPS) is 11.4. The summed E-state index contributed by atoms with van der Waals surface area (Å²) in [4.78, 5) is 0. The van der Waals surface area contributed by atoms with Crippen molar-refractivity contribution < 1.29 is 9.15 Å². The highest BCUT2D eigenvalue weighted by atomic mass is 16.5. The van der Waals surface area contributed by atoms with E-state index in [1.807, 2.05) is 31.2 Å². The molecule has 0 saturated heterocycles. The molecule has 21 heavy (non-hydrogen) atoms. The first kappa shape index (κ1) is 15.3. The van der Waals surface area contributed by atoms with Gasteiger partial charge in [-0.05, 0) is 39.8 Å². The molecule has 0 aliphatic heterocycles. The lowest BCUT2D eigenvalue weighted by molar-refractivity contribution is 0.340. The first-order chi connectivity index (χ1) is 9.96. The molecule has 2 rings (SSSR count). The van der Waals surface area contributed by atoms with Gasteiger partial charge in [0.15, 0.2) is 0 Å². The van der Waals surface area contributed by atoms with Crippen LogP contribution in [0.15, 0.2) is 28.7 Å². The quantitative estimate of drug-likeness (QED) is 0.851. The van der Waals surface area contributed by atoms with Crippen LogP contribution in [0.4, 0.5) is 11.7 Å². The fourth-order valence-corrected chi connectivity index (χ4v) is 1.67. The van der Waals surface area contributed by atoms with Crippen LogP contribution in [0.25, 0.3) is 0 Å². The highest BCUT2D eigenvalue weighted by molar-refractivity contribution is 5.54. The number of nitrogens with one attached hydrogen (secondary N) is 2. The van der Waals surface area contributed by atoms with Gasteiger partial charge in [-0.2, -0.15) is 0 Å². The summed E-state index contributed by atoms with van der Waals surface area (Å²) >= 11 is 0. The molecule has 1 aromatic carbocycles. The topological polar surface area (TPSA) is 72.2 Å². The smallest absolute Gasteiger partial charge is 0.320 e. The Labute approximate surface area is 124 Å². The van der Waals surface area contributed by atoms with Gasteiger partial charge >= 0.3 is 6.01 Å².